The van der Waals surface area contributed by atoms with Crippen molar-refractivity contribution in [2.75, 3.05) is 5.32 Å². The highest BCUT2D eigenvalue weighted by atomic mass is 32.1. The number of nitrogens with zero attached hydrogens (tertiary/aromatic N) is 3. The van der Waals surface area contributed by atoms with Crippen LogP contribution in [0.2, 0.25) is 0 Å². The van der Waals surface area contributed by atoms with Gasteiger partial charge in [0, 0.05) is 11.5 Å². The molecule has 5 nitrogen and oxygen atoms in total. The third kappa shape index (κ3) is 3.48. The molecule has 118 valence electrons. The van der Waals surface area contributed by atoms with Crippen LogP contribution in [0, 0.1) is 6.92 Å². The third-order valence-corrected chi connectivity index (χ3v) is 4.45. The van der Waals surface area contributed by atoms with Crippen molar-refractivity contribution in [3.8, 4) is 0 Å². The van der Waals surface area contributed by atoms with Gasteiger partial charge in [0.25, 0.3) is 11.9 Å². The highest BCUT2D eigenvalue weighted by molar-refractivity contribution is 7.15. The monoisotopic (exact) mass is 326 g/mol. The molecule has 3 rings (SSSR count). The van der Waals surface area contributed by atoms with E-state index in [2.05, 4.69) is 41.4 Å². The van der Waals surface area contributed by atoms with Crippen molar-refractivity contribution < 1.29 is 4.79 Å². The molecule has 6 heteroatoms. The van der Waals surface area contributed by atoms with E-state index in [1.165, 1.54) is 23.0 Å². The molecule has 0 aliphatic carbocycles. The Bertz CT molecular complexity index is 858. The molecule has 23 heavy (non-hydrogen) atoms. The molecule has 0 radical (unpaired) electrons. The van der Waals surface area contributed by atoms with Crippen LogP contribution in [0.1, 0.15) is 36.6 Å². The highest BCUT2D eigenvalue weighted by Crippen LogP contribution is 2.16. The number of benzene rings is 1. The summed E-state index contributed by atoms with van der Waals surface area (Å²) in [5, 5.41) is 8.90. The maximum absolute atomic E-state index is 12.0. The van der Waals surface area contributed by atoms with Crippen LogP contribution >= 0.6 is 11.3 Å². The lowest BCUT2D eigenvalue weighted by molar-refractivity contribution is -0.111. The number of carbonyl (C=O) groups excluding carboxylic acids is 1. The second kappa shape index (κ2) is 6.34. The fraction of sp³-hybridized carbons (Fsp3) is 0.235. The molecule has 0 spiro atoms. The van der Waals surface area contributed by atoms with E-state index >= 15 is 0 Å². The standard InChI is InChI=1S/C17H18N4OS/c1-11(2)14-7-4-13(5-8-14)6-9-15(22)18-16-19-17-21(20-16)12(3)10-23-17/h4-11H,1-3H3,(H,18,20,22)/b9-6+. The number of aromatic nitrogens is 3. The Morgan fingerprint density at radius 2 is 2.04 bits per heavy atom. The number of anilines is 1. The smallest absolute Gasteiger partial charge is 0.250 e. The number of hydrogen-bond donors (Lipinski definition) is 1. The van der Waals surface area contributed by atoms with Gasteiger partial charge in [0.05, 0.1) is 5.69 Å². The summed E-state index contributed by atoms with van der Waals surface area (Å²) in [5.74, 6) is 0.583. The lowest BCUT2D eigenvalue weighted by Gasteiger charge is -2.04. The van der Waals surface area contributed by atoms with E-state index in [9.17, 15) is 4.79 Å². The quantitative estimate of drug-likeness (QED) is 0.740. The number of fused-ring (bicyclic) bond motifs is 1. The van der Waals surface area contributed by atoms with Gasteiger partial charge in [-0.1, -0.05) is 38.1 Å². The van der Waals surface area contributed by atoms with Crippen LogP contribution in [0.3, 0.4) is 0 Å². The molecule has 0 bridgehead atoms. The van der Waals surface area contributed by atoms with Gasteiger partial charge in [0.1, 0.15) is 0 Å². The molecule has 0 aliphatic heterocycles. The van der Waals surface area contributed by atoms with Crippen molar-refractivity contribution in [3.05, 3.63) is 52.5 Å². The lowest BCUT2D eigenvalue weighted by Crippen LogP contribution is -2.09. The van der Waals surface area contributed by atoms with Gasteiger partial charge >= 0.3 is 0 Å². The number of hydrogen-bond acceptors (Lipinski definition) is 4. The summed E-state index contributed by atoms with van der Waals surface area (Å²) in [6.07, 6.45) is 3.27. The van der Waals surface area contributed by atoms with E-state index < -0.39 is 0 Å². The van der Waals surface area contributed by atoms with Crippen LogP contribution < -0.4 is 5.32 Å². The normalized spacial score (nSPS) is 11.7. The average Bonchev–Trinajstić information content (AvgIpc) is 3.07. The summed E-state index contributed by atoms with van der Waals surface area (Å²) in [4.78, 5) is 17.0. The summed E-state index contributed by atoms with van der Waals surface area (Å²) < 4.78 is 1.72. The molecule has 0 saturated carbocycles. The SMILES string of the molecule is Cc1csc2nc(NC(=O)/C=C/c3ccc(C(C)C)cc3)nn12. The fourth-order valence-electron chi connectivity index (χ4n) is 2.16. The molecule has 2 aromatic heterocycles. The number of thiazole rings is 1. The molecule has 0 unspecified atom stereocenters. The molecular weight excluding hydrogens is 308 g/mol. The Kier molecular flexibility index (Phi) is 4.25. The lowest BCUT2D eigenvalue weighted by atomic mass is 10.0. The van der Waals surface area contributed by atoms with Gasteiger partial charge in [0.15, 0.2) is 0 Å². The number of carbonyl (C=O) groups is 1. The van der Waals surface area contributed by atoms with Gasteiger partial charge in [-0.2, -0.15) is 4.98 Å². The second-order valence-electron chi connectivity index (χ2n) is 5.65. The first kappa shape index (κ1) is 15.4. The number of nitrogens with one attached hydrogen (secondary N) is 1. The predicted molar refractivity (Wildman–Crippen MR) is 93.8 cm³/mol. The summed E-state index contributed by atoms with van der Waals surface area (Å²) in [6, 6.07) is 8.17. The van der Waals surface area contributed by atoms with Crippen molar-refractivity contribution in [2.45, 2.75) is 26.7 Å². The van der Waals surface area contributed by atoms with Crippen LogP contribution in [0.25, 0.3) is 11.0 Å². The Morgan fingerprint density at radius 3 is 2.70 bits per heavy atom. The molecular formula is C17H18N4OS. The molecule has 1 N–H and O–H groups in total. The molecule has 1 amide bonds. The summed E-state index contributed by atoms with van der Waals surface area (Å²) in [6.45, 7) is 6.26. The van der Waals surface area contributed by atoms with E-state index in [1.54, 1.807) is 10.6 Å². The van der Waals surface area contributed by atoms with Crippen LogP contribution in [-0.4, -0.2) is 20.5 Å². The largest absolute Gasteiger partial charge is 0.290 e. The van der Waals surface area contributed by atoms with Crippen LogP contribution in [-0.2, 0) is 4.79 Å². The van der Waals surface area contributed by atoms with Crippen molar-refractivity contribution in [3.63, 3.8) is 0 Å². The van der Waals surface area contributed by atoms with Crippen molar-refractivity contribution in [2.24, 2.45) is 0 Å². The van der Waals surface area contributed by atoms with Crippen LogP contribution in [0.15, 0.2) is 35.7 Å². The molecule has 2 heterocycles. The predicted octanol–water partition coefficient (Wildman–Crippen LogP) is 3.87. The van der Waals surface area contributed by atoms with E-state index in [4.69, 9.17) is 0 Å². The molecule has 3 aromatic rings. The first-order valence-electron chi connectivity index (χ1n) is 7.43. The maximum Gasteiger partial charge on any atom is 0.250 e. The van der Waals surface area contributed by atoms with Crippen molar-refractivity contribution in [1.29, 1.82) is 0 Å². The Labute approximate surface area is 138 Å². The Morgan fingerprint density at radius 1 is 1.30 bits per heavy atom. The topological polar surface area (TPSA) is 59.3 Å². The van der Waals surface area contributed by atoms with E-state index in [-0.39, 0.29) is 5.91 Å². The molecule has 0 fully saturated rings. The zero-order valence-corrected chi connectivity index (χ0v) is 14.1. The Hall–Kier alpha value is -2.47. The minimum absolute atomic E-state index is 0.242. The summed E-state index contributed by atoms with van der Waals surface area (Å²) >= 11 is 1.50. The minimum Gasteiger partial charge on any atom is -0.290 e. The highest BCUT2D eigenvalue weighted by Gasteiger charge is 2.08. The third-order valence-electron chi connectivity index (χ3n) is 3.51. The second-order valence-corrected chi connectivity index (χ2v) is 6.49. The van der Waals surface area contributed by atoms with E-state index in [0.717, 1.165) is 16.2 Å². The van der Waals surface area contributed by atoms with Gasteiger partial charge in [-0.15, -0.1) is 16.4 Å². The number of amides is 1. The van der Waals surface area contributed by atoms with Crippen LogP contribution in [0.5, 0.6) is 0 Å². The summed E-state index contributed by atoms with van der Waals surface area (Å²) in [5.41, 5.74) is 3.27. The average molecular weight is 326 g/mol. The van der Waals surface area contributed by atoms with Gasteiger partial charge in [-0.05, 0) is 30.0 Å². The summed E-state index contributed by atoms with van der Waals surface area (Å²) in [7, 11) is 0. The van der Waals surface area contributed by atoms with Crippen LogP contribution in [0.4, 0.5) is 5.95 Å². The van der Waals surface area contributed by atoms with E-state index in [0.29, 0.717) is 11.9 Å². The van der Waals surface area contributed by atoms with Gasteiger partial charge in [-0.3, -0.25) is 10.1 Å². The zero-order valence-electron chi connectivity index (χ0n) is 13.3. The van der Waals surface area contributed by atoms with Gasteiger partial charge < -0.3 is 0 Å². The number of aryl methyl sites for hydroxylation is 1. The minimum atomic E-state index is -0.242. The molecule has 0 atom stereocenters. The molecule has 0 saturated heterocycles. The first-order valence-corrected chi connectivity index (χ1v) is 8.31. The van der Waals surface area contributed by atoms with Gasteiger partial charge in [-0.25, -0.2) is 4.52 Å². The number of rotatable bonds is 4. The fourth-order valence-corrected chi connectivity index (χ4v) is 2.96. The zero-order chi connectivity index (χ0) is 16.4. The maximum atomic E-state index is 12.0. The van der Waals surface area contributed by atoms with Crippen molar-refractivity contribution in [1.82, 2.24) is 14.6 Å². The molecule has 1 aromatic carbocycles. The van der Waals surface area contributed by atoms with E-state index in [1.807, 2.05) is 24.4 Å². The van der Waals surface area contributed by atoms with Gasteiger partial charge in [0.2, 0.25) is 4.96 Å². The molecule has 0 aliphatic rings. The first-order chi connectivity index (χ1) is 11.0. The van der Waals surface area contributed by atoms with Crippen molar-refractivity contribution >= 4 is 34.2 Å². The Balaban J connectivity index is 1.66.